The number of carbonyl (C=O) groups is 1. The zero-order valence-electron chi connectivity index (χ0n) is 10.1. The summed E-state index contributed by atoms with van der Waals surface area (Å²) < 4.78 is 0.957. The third kappa shape index (κ3) is 3.18. The first-order valence-corrected chi connectivity index (χ1v) is 6.33. The predicted molar refractivity (Wildman–Crippen MR) is 75.8 cm³/mol. The molecule has 0 unspecified atom stereocenters. The fourth-order valence-corrected chi connectivity index (χ4v) is 2.07. The number of benzene rings is 1. The summed E-state index contributed by atoms with van der Waals surface area (Å²) in [6.07, 6.45) is 1.45. The quantitative estimate of drug-likeness (QED) is 0.924. The molecule has 0 atom stereocenters. The molecule has 4 nitrogen and oxygen atoms in total. The number of nitrogens with zero attached hydrogens (tertiary/aromatic N) is 2. The predicted octanol–water partition coefficient (Wildman–Crippen LogP) is 3.28. The van der Waals surface area contributed by atoms with Gasteiger partial charge >= 0.3 is 0 Å². The molecule has 0 aliphatic heterocycles. The Morgan fingerprint density at radius 3 is 2.84 bits per heavy atom. The Hall–Kier alpha value is -2.19. The van der Waals surface area contributed by atoms with Crippen molar-refractivity contribution < 1.29 is 4.79 Å². The minimum absolute atomic E-state index is 0.222. The zero-order chi connectivity index (χ0) is 13.8. The van der Waals surface area contributed by atoms with Gasteiger partial charge in [-0.25, -0.2) is 4.98 Å². The summed E-state index contributed by atoms with van der Waals surface area (Å²) in [5, 5.41) is 11.6. The highest BCUT2D eigenvalue weighted by Crippen LogP contribution is 2.20. The molecular formula is C14H10BrN3O. The lowest BCUT2D eigenvalue weighted by atomic mass is 10.1. The summed E-state index contributed by atoms with van der Waals surface area (Å²) in [4.78, 5) is 15.9. The van der Waals surface area contributed by atoms with Crippen molar-refractivity contribution in [3.05, 3.63) is 57.8 Å². The number of pyridine rings is 1. The first-order chi connectivity index (χ1) is 9.10. The van der Waals surface area contributed by atoms with Gasteiger partial charge in [0.1, 0.15) is 11.8 Å². The molecule has 0 saturated carbocycles. The number of halogens is 1. The van der Waals surface area contributed by atoms with Crippen molar-refractivity contribution in [3.8, 4) is 6.07 Å². The van der Waals surface area contributed by atoms with Gasteiger partial charge in [0.05, 0.1) is 0 Å². The fourth-order valence-electron chi connectivity index (χ4n) is 1.59. The Kier molecular flexibility index (Phi) is 3.93. The molecule has 0 saturated heterocycles. The monoisotopic (exact) mass is 315 g/mol. The number of hydrogen-bond donors (Lipinski definition) is 1. The van der Waals surface area contributed by atoms with Crippen molar-refractivity contribution in [1.29, 1.82) is 5.26 Å². The van der Waals surface area contributed by atoms with Crippen LogP contribution in [-0.4, -0.2) is 10.9 Å². The van der Waals surface area contributed by atoms with Crippen LogP contribution in [0.2, 0.25) is 0 Å². The van der Waals surface area contributed by atoms with E-state index in [0.717, 1.165) is 15.7 Å². The van der Waals surface area contributed by atoms with Crippen LogP contribution in [0, 0.1) is 18.3 Å². The summed E-state index contributed by atoms with van der Waals surface area (Å²) >= 11 is 3.37. The summed E-state index contributed by atoms with van der Waals surface area (Å²) in [6.45, 7) is 1.91. The molecule has 0 aliphatic rings. The van der Waals surface area contributed by atoms with Gasteiger partial charge in [-0.05, 0) is 42.8 Å². The molecule has 5 heteroatoms. The lowest BCUT2D eigenvalue weighted by molar-refractivity contribution is 0.102. The van der Waals surface area contributed by atoms with E-state index in [1.54, 1.807) is 6.07 Å². The molecule has 1 aromatic heterocycles. The Morgan fingerprint density at radius 1 is 1.37 bits per heavy atom. The van der Waals surface area contributed by atoms with Crippen LogP contribution in [0.3, 0.4) is 0 Å². The molecule has 0 bridgehead atoms. The van der Waals surface area contributed by atoms with Gasteiger partial charge in [-0.2, -0.15) is 5.26 Å². The molecule has 1 heterocycles. The van der Waals surface area contributed by atoms with Crippen LogP contribution in [-0.2, 0) is 0 Å². The number of anilines is 1. The third-order valence-corrected chi connectivity index (χ3v) is 3.07. The van der Waals surface area contributed by atoms with Crippen LogP contribution in [0.15, 0.2) is 41.0 Å². The standard InChI is InChI=1S/C14H10BrN3O/c1-9-6-11(15)2-3-13(9)18-14(19)10-4-5-17-12(7-10)8-16/h2-7H,1H3,(H,18,19). The average Bonchev–Trinajstić information content (AvgIpc) is 2.42. The number of hydrogen-bond acceptors (Lipinski definition) is 3. The molecule has 2 aromatic rings. The molecule has 0 spiro atoms. The van der Waals surface area contributed by atoms with Crippen LogP contribution >= 0.6 is 15.9 Å². The Labute approximate surface area is 119 Å². The maximum Gasteiger partial charge on any atom is 0.255 e. The first-order valence-electron chi connectivity index (χ1n) is 5.54. The second-order valence-corrected chi connectivity index (χ2v) is 4.87. The van der Waals surface area contributed by atoms with E-state index in [0.29, 0.717) is 5.56 Å². The highest BCUT2D eigenvalue weighted by molar-refractivity contribution is 9.10. The van der Waals surface area contributed by atoms with Crippen LogP contribution in [0.25, 0.3) is 0 Å². The second-order valence-electron chi connectivity index (χ2n) is 3.95. The van der Waals surface area contributed by atoms with Crippen molar-refractivity contribution in [3.63, 3.8) is 0 Å². The van der Waals surface area contributed by atoms with Crippen LogP contribution in [0.1, 0.15) is 21.6 Å². The molecule has 0 aliphatic carbocycles. The summed E-state index contributed by atoms with van der Waals surface area (Å²) in [5.41, 5.74) is 2.33. The van der Waals surface area contributed by atoms with Gasteiger partial charge in [0.2, 0.25) is 0 Å². The summed E-state index contributed by atoms with van der Waals surface area (Å²) in [7, 11) is 0. The van der Waals surface area contributed by atoms with Crippen molar-refractivity contribution >= 4 is 27.5 Å². The topological polar surface area (TPSA) is 65.8 Å². The normalized spacial score (nSPS) is 9.74. The molecular weight excluding hydrogens is 306 g/mol. The highest BCUT2D eigenvalue weighted by atomic mass is 79.9. The highest BCUT2D eigenvalue weighted by Gasteiger charge is 2.08. The lowest BCUT2D eigenvalue weighted by Gasteiger charge is -2.08. The number of aryl methyl sites for hydroxylation is 1. The average molecular weight is 316 g/mol. The zero-order valence-corrected chi connectivity index (χ0v) is 11.7. The molecule has 19 heavy (non-hydrogen) atoms. The van der Waals surface area contributed by atoms with E-state index in [-0.39, 0.29) is 11.6 Å². The van der Waals surface area contributed by atoms with E-state index in [2.05, 4.69) is 26.2 Å². The smallest absolute Gasteiger partial charge is 0.255 e. The maximum absolute atomic E-state index is 12.1. The van der Waals surface area contributed by atoms with E-state index in [1.807, 2.05) is 31.2 Å². The van der Waals surface area contributed by atoms with Gasteiger partial charge in [0.15, 0.2) is 0 Å². The minimum Gasteiger partial charge on any atom is -0.322 e. The largest absolute Gasteiger partial charge is 0.322 e. The number of nitriles is 1. The third-order valence-electron chi connectivity index (χ3n) is 2.57. The van der Waals surface area contributed by atoms with Gasteiger partial charge in [0, 0.05) is 21.9 Å². The molecule has 1 amide bonds. The number of nitrogens with one attached hydrogen (secondary N) is 1. The summed E-state index contributed by atoms with van der Waals surface area (Å²) in [5.74, 6) is -0.260. The van der Waals surface area contributed by atoms with E-state index in [1.165, 1.54) is 12.3 Å². The van der Waals surface area contributed by atoms with E-state index < -0.39 is 0 Å². The van der Waals surface area contributed by atoms with Gasteiger partial charge in [0.25, 0.3) is 5.91 Å². The second kappa shape index (κ2) is 5.63. The molecule has 94 valence electrons. The van der Waals surface area contributed by atoms with E-state index in [4.69, 9.17) is 5.26 Å². The number of rotatable bonds is 2. The maximum atomic E-state index is 12.1. The summed E-state index contributed by atoms with van der Waals surface area (Å²) in [6, 6.07) is 10.5. The lowest BCUT2D eigenvalue weighted by Crippen LogP contribution is -2.13. The van der Waals surface area contributed by atoms with Crippen molar-refractivity contribution in [2.24, 2.45) is 0 Å². The van der Waals surface area contributed by atoms with E-state index >= 15 is 0 Å². The molecule has 1 N–H and O–H groups in total. The number of aromatic nitrogens is 1. The molecule has 2 rings (SSSR count). The van der Waals surface area contributed by atoms with Crippen molar-refractivity contribution in [2.75, 3.05) is 5.32 Å². The SMILES string of the molecule is Cc1cc(Br)ccc1NC(=O)c1ccnc(C#N)c1. The Bertz CT molecular complexity index is 677. The van der Waals surface area contributed by atoms with Gasteiger partial charge in [-0.15, -0.1) is 0 Å². The van der Waals surface area contributed by atoms with Crippen LogP contribution < -0.4 is 5.32 Å². The van der Waals surface area contributed by atoms with Gasteiger partial charge in [-0.1, -0.05) is 15.9 Å². The molecule has 1 aromatic carbocycles. The minimum atomic E-state index is -0.260. The first kappa shape index (κ1) is 13.2. The molecule has 0 fully saturated rings. The van der Waals surface area contributed by atoms with Crippen LogP contribution in [0.5, 0.6) is 0 Å². The number of carbonyl (C=O) groups excluding carboxylic acids is 1. The van der Waals surface area contributed by atoms with Gasteiger partial charge < -0.3 is 5.32 Å². The Balaban J connectivity index is 2.23. The van der Waals surface area contributed by atoms with E-state index in [9.17, 15) is 4.79 Å². The fraction of sp³-hybridized carbons (Fsp3) is 0.0714. The van der Waals surface area contributed by atoms with Crippen molar-refractivity contribution in [2.45, 2.75) is 6.92 Å². The van der Waals surface area contributed by atoms with Crippen molar-refractivity contribution in [1.82, 2.24) is 4.98 Å². The van der Waals surface area contributed by atoms with Gasteiger partial charge in [-0.3, -0.25) is 4.79 Å². The molecule has 0 radical (unpaired) electrons. The number of amides is 1. The van der Waals surface area contributed by atoms with Crippen LogP contribution in [0.4, 0.5) is 5.69 Å². The Morgan fingerprint density at radius 2 is 2.16 bits per heavy atom.